The minimum Gasteiger partial charge on any atom is -0.505 e. The molecule has 2 N–H and O–H groups in total. The zero-order valence-corrected chi connectivity index (χ0v) is 41.8. The van der Waals surface area contributed by atoms with Crippen LogP contribution in [0.2, 0.25) is 0 Å². The van der Waals surface area contributed by atoms with Crippen molar-refractivity contribution in [1.82, 2.24) is 39.8 Å². The van der Waals surface area contributed by atoms with E-state index in [2.05, 4.69) is 164 Å². The molecule has 0 bridgehead atoms. The summed E-state index contributed by atoms with van der Waals surface area (Å²) >= 11 is 0. The smallest absolute Gasteiger partial charge is 0.147 e. The molecule has 0 amide bonds. The van der Waals surface area contributed by atoms with E-state index in [1.165, 1.54) is 11.1 Å². The van der Waals surface area contributed by atoms with E-state index in [0.717, 1.165) is 57.2 Å². The maximum atomic E-state index is 12.4. The number of nitrogens with zero attached hydrogens (tertiary/aromatic N) is 8. The lowest BCUT2D eigenvalue weighted by molar-refractivity contribution is 0.180. The van der Waals surface area contributed by atoms with Crippen molar-refractivity contribution in [2.75, 3.05) is 13.1 Å². The number of hydrogen-bond acceptors (Lipinski definition) is 8. The number of hydrogen-bond donors (Lipinski definition) is 2. The monoisotopic (exact) mass is 911 g/mol. The van der Waals surface area contributed by atoms with Crippen molar-refractivity contribution in [1.29, 1.82) is 0 Å². The van der Waals surface area contributed by atoms with Gasteiger partial charge in [0.05, 0.1) is 0 Å². The highest BCUT2D eigenvalue weighted by Gasteiger charge is 2.32. The van der Waals surface area contributed by atoms with Crippen LogP contribution in [-0.4, -0.2) is 63.1 Å². The van der Waals surface area contributed by atoms with Crippen molar-refractivity contribution in [2.45, 2.75) is 119 Å². The minimum atomic E-state index is -0.214. The van der Waals surface area contributed by atoms with Crippen molar-refractivity contribution in [3.63, 3.8) is 0 Å². The molecule has 10 heteroatoms. The van der Waals surface area contributed by atoms with Gasteiger partial charge in [0.15, 0.2) is 0 Å². The Morgan fingerprint density at radius 3 is 1.03 bits per heavy atom. The van der Waals surface area contributed by atoms with E-state index in [4.69, 9.17) is 20.4 Å². The summed E-state index contributed by atoms with van der Waals surface area (Å²) in [7, 11) is 0. The molecule has 0 radical (unpaired) electrons. The fourth-order valence-electron chi connectivity index (χ4n) is 10.3. The summed E-state index contributed by atoms with van der Waals surface area (Å²) in [6, 6.07) is 45.3. The van der Waals surface area contributed by atoms with E-state index in [-0.39, 0.29) is 33.2 Å². The lowest BCUT2D eigenvalue weighted by Gasteiger charge is -2.34. The van der Waals surface area contributed by atoms with Crippen molar-refractivity contribution < 1.29 is 10.2 Å². The molecule has 2 aromatic heterocycles. The van der Waals surface area contributed by atoms with Crippen LogP contribution in [0, 0.1) is 10.8 Å². The second-order valence-electron chi connectivity index (χ2n) is 22.6. The van der Waals surface area contributed by atoms with Gasteiger partial charge in [-0.15, -0.1) is 30.0 Å². The lowest BCUT2D eigenvalue weighted by Crippen LogP contribution is -2.34. The first-order chi connectivity index (χ1) is 32.2. The molecule has 0 saturated carbocycles. The molecule has 0 saturated heterocycles. The third-order valence-electron chi connectivity index (χ3n) is 12.9. The molecule has 6 aromatic carbocycles. The van der Waals surface area contributed by atoms with Gasteiger partial charge >= 0.3 is 0 Å². The van der Waals surface area contributed by atoms with E-state index >= 15 is 0 Å². The van der Waals surface area contributed by atoms with Crippen LogP contribution in [0.5, 0.6) is 11.5 Å². The van der Waals surface area contributed by atoms with Gasteiger partial charge in [-0.1, -0.05) is 166 Å². The van der Waals surface area contributed by atoms with Crippen LogP contribution in [0.15, 0.2) is 133 Å². The Morgan fingerprint density at radius 2 is 0.721 bits per heavy atom. The predicted octanol–water partition coefficient (Wildman–Crippen LogP) is 12.7. The fourth-order valence-corrected chi connectivity index (χ4v) is 10.3. The zero-order chi connectivity index (χ0) is 48.4. The summed E-state index contributed by atoms with van der Waals surface area (Å²) in [6.45, 7) is 26.5. The van der Waals surface area contributed by atoms with Gasteiger partial charge in [-0.25, -0.2) is 0 Å². The van der Waals surface area contributed by atoms with Crippen molar-refractivity contribution in [3.05, 3.63) is 167 Å². The highest BCUT2D eigenvalue weighted by Crippen LogP contribution is 2.42. The average Bonchev–Trinajstić information content (AvgIpc) is 3.91. The molecular formula is C58H70N8O2. The van der Waals surface area contributed by atoms with Gasteiger partial charge in [0.2, 0.25) is 0 Å². The molecule has 0 spiro atoms. The van der Waals surface area contributed by atoms with Crippen LogP contribution in [0.1, 0.15) is 115 Å². The van der Waals surface area contributed by atoms with E-state index in [9.17, 15) is 10.2 Å². The Hall–Kier alpha value is -6.36. The number of aromatic hydroxyl groups is 2. The largest absolute Gasteiger partial charge is 0.505 e. The van der Waals surface area contributed by atoms with Gasteiger partial charge in [0.1, 0.15) is 44.9 Å². The first-order valence-corrected chi connectivity index (χ1v) is 24.1. The average molecular weight is 911 g/mol. The third-order valence-corrected chi connectivity index (χ3v) is 12.9. The van der Waals surface area contributed by atoms with Crippen molar-refractivity contribution in [3.8, 4) is 22.9 Å². The van der Waals surface area contributed by atoms with Gasteiger partial charge in [-0.2, -0.15) is 0 Å². The summed E-state index contributed by atoms with van der Waals surface area (Å²) in [5.41, 5.74) is 10.2. The maximum Gasteiger partial charge on any atom is 0.147 e. The molecule has 0 atom stereocenters. The van der Waals surface area contributed by atoms with Crippen LogP contribution in [-0.2, 0) is 37.0 Å². The van der Waals surface area contributed by atoms with Crippen molar-refractivity contribution >= 4 is 22.1 Å². The number of phenolic OH excluding ortho intramolecular Hbond substituents is 2. The van der Waals surface area contributed by atoms with Crippen LogP contribution in [0.3, 0.4) is 0 Å². The Labute approximate surface area is 403 Å². The van der Waals surface area contributed by atoms with Crippen LogP contribution in [0.25, 0.3) is 33.4 Å². The van der Waals surface area contributed by atoms with Gasteiger partial charge in [-0.3, -0.25) is 9.80 Å². The van der Waals surface area contributed by atoms with E-state index in [1.807, 2.05) is 48.5 Å². The molecule has 0 fully saturated rings. The molecule has 10 nitrogen and oxygen atoms in total. The second kappa shape index (κ2) is 19.3. The summed E-state index contributed by atoms with van der Waals surface area (Å²) < 4.78 is 0. The summed E-state index contributed by atoms with van der Waals surface area (Å²) in [6.07, 6.45) is 1.88. The number of phenols is 2. The Kier molecular flexibility index (Phi) is 13.7. The summed E-state index contributed by atoms with van der Waals surface area (Å²) in [4.78, 5) is 8.05. The number of benzene rings is 6. The minimum absolute atomic E-state index is 0.0714. The van der Waals surface area contributed by atoms with E-state index in [1.54, 1.807) is 9.59 Å². The molecule has 0 aliphatic rings. The standard InChI is InChI=1S/C58H70N8O2/c1-55(2,3)39-57(7,8)45-31-43(53(67)51(33-45)65-59-47-25-17-18-26-48(47)60-65)37-63(35-41-21-13-11-14-22-41)29-30-64(36-42-23-15-12-16-24-42)38-44-32-46(58(9,10)40-56(4,5)6)34-52(54(44)68)66-61-49-27-19-20-28-50(49)62-66/h11-28,31-34,67-68H,29-30,35-40H2,1-10H3. The molecule has 0 aliphatic heterocycles. The van der Waals surface area contributed by atoms with E-state index < -0.39 is 0 Å². The van der Waals surface area contributed by atoms with Gasteiger partial charge < -0.3 is 10.2 Å². The SMILES string of the molecule is CC(C)(C)CC(C)(C)c1cc(CN(CCN(Cc2ccccc2)Cc2cc(C(C)(C)CC(C)(C)C)cc(-n3nc4ccccc4n3)c2O)Cc2ccccc2)c(O)c(-n2nc3ccccc3n2)c1. The van der Waals surface area contributed by atoms with Gasteiger partial charge in [0, 0.05) is 50.4 Å². The number of rotatable bonds is 17. The Balaban J connectivity index is 1.19. The first kappa shape index (κ1) is 48.1. The molecule has 8 rings (SSSR count). The molecule has 68 heavy (non-hydrogen) atoms. The van der Waals surface area contributed by atoms with Crippen LogP contribution in [0.4, 0.5) is 0 Å². The topological polar surface area (TPSA) is 108 Å². The Bertz CT molecular complexity index is 2710. The molecule has 0 aliphatic carbocycles. The van der Waals surface area contributed by atoms with E-state index in [0.29, 0.717) is 50.6 Å². The highest BCUT2D eigenvalue weighted by atomic mass is 16.3. The molecule has 354 valence electrons. The van der Waals surface area contributed by atoms with Crippen LogP contribution < -0.4 is 0 Å². The Morgan fingerprint density at radius 1 is 0.412 bits per heavy atom. The third kappa shape index (κ3) is 11.7. The molecule has 2 heterocycles. The van der Waals surface area contributed by atoms with Gasteiger partial charge in [-0.05, 0) is 93.2 Å². The quantitative estimate of drug-likeness (QED) is 0.0930. The summed E-state index contributed by atoms with van der Waals surface area (Å²) in [5.74, 6) is 0.346. The fraction of sp³-hybridized carbons (Fsp3) is 0.379. The van der Waals surface area contributed by atoms with Crippen LogP contribution >= 0.6 is 0 Å². The zero-order valence-electron chi connectivity index (χ0n) is 41.8. The predicted molar refractivity (Wildman–Crippen MR) is 276 cm³/mol. The lowest BCUT2D eigenvalue weighted by atomic mass is 9.72. The molecule has 0 unspecified atom stereocenters. The summed E-state index contributed by atoms with van der Waals surface area (Å²) in [5, 5.41) is 44.1. The van der Waals surface area contributed by atoms with Gasteiger partial charge in [0.25, 0.3) is 0 Å². The normalized spacial score (nSPS) is 12.8. The first-order valence-electron chi connectivity index (χ1n) is 24.1. The number of aromatic nitrogens is 6. The molecule has 8 aromatic rings. The molecular weight excluding hydrogens is 841 g/mol. The number of fused-ring (bicyclic) bond motifs is 2. The van der Waals surface area contributed by atoms with Crippen molar-refractivity contribution in [2.24, 2.45) is 10.8 Å². The highest BCUT2D eigenvalue weighted by molar-refractivity contribution is 5.74. The maximum absolute atomic E-state index is 12.4. The second-order valence-corrected chi connectivity index (χ2v) is 22.6.